The van der Waals surface area contributed by atoms with Gasteiger partial charge in [-0.2, -0.15) is 0 Å². The van der Waals surface area contributed by atoms with E-state index in [9.17, 15) is 4.79 Å². The molecule has 0 amide bonds. The standard InChI is InChI=1S/C12H13N3OS/c1-6-4-11(16)14-10-5-9(15-12(13)17)7(2)3-8(6)10/h3-5H,1-2H3,(H,14,16)(H3,13,15,17). The first-order valence-corrected chi connectivity index (χ1v) is 5.59. The number of fused-ring (bicyclic) bond motifs is 1. The topological polar surface area (TPSA) is 70.9 Å². The molecule has 0 aliphatic carbocycles. The van der Waals surface area contributed by atoms with Gasteiger partial charge in [0, 0.05) is 17.1 Å². The molecule has 0 unspecified atom stereocenters. The van der Waals surface area contributed by atoms with Gasteiger partial charge in [-0.1, -0.05) is 0 Å². The molecule has 0 aliphatic rings. The Balaban J connectivity index is 2.71. The number of thiocarbonyl (C=S) groups is 1. The molecular formula is C12H13N3OS. The predicted octanol–water partition coefficient (Wildman–Crippen LogP) is 1.80. The van der Waals surface area contributed by atoms with Crippen LogP contribution in [0.25, 0.3) is 10.9 Å². The molecule has 0 saturated heterocycles. The van der Waals surface area contributed by atoms with E-state index in [2.05, 4.69) is 10.3 Å². The number of benzene rings is 1. The number of nitrogens with two attached hydrogens (primary N) is 1. The fourth-order valence-electron chi connectivity index (χ4n) is 1.85. The average molecular weight is 247 g/mol. The van der Waals surface area contributed by atoms with Gasteiger partial charge in [0.25, 0.3) is 0 Å². The number of rotatable bonds is 1. The maximum Gasteiger partial charge on any atom is 0.248 e. The first-order valence-electron chi connectivity index (χ1n) is 5.18. The van der Waals surface area contributed by atoms with E-state index < -0.39 is 0 Å². The van der Waals surface area contributed by atoms with E-state index in [1.807, 2.05) is 26.0 Å². The van der Waals surface area contributed by atoms with Gasteiger partial charge in [0.1, 0.15) is 0 Å². The maximum absolute atomic E-state index is 11.4. The molecule has 5 heteroatoms. The van der Waals surface area contributed by atoms with Crippen LogP contribution in [0.3, 0.4) is 0 Å². The molecule has 1 heterocycles. The lowest BCUT2D eigenvalue weighted by Crippen LogP contribution is -2.19. The number of aromatic nitrogens is 1. The molecule has 0 fully saturated rings. The van der Waals surface area contributed by atoms with Gasteiger partial charge in [-0.05, 0) is 49.3 Å². The molecule has 4 N–H and O–H groups in total. The summed E-state index contributed by atoms with van der Waals surface area (Å²) in [4.78, 5) is 14.2. The minimum Gasteiger partial charge on any atom is -0.376 e. The van der Waals surface area contributed by atoms with Crippen LogP contribution in [0.5, 0.6) is 0 Å². The van der Waals surface area contributed by atoms with E-state index in [1.165, 1.54) is 0 Å². The normalized spacial score (nSPS) is 10.5. The minimum absolute atomic E-state index is 0.111. The van der Waals surface area contributed by atoms with Gasteiger partial charge in [0.2, 0.25) is 5.56 Å². The molecule has 1 aromatic carbocycles. The van der Waals surface area contributed by atoms with Crippen LogP contribution >= 0.6 is 12.2 Å². The second-order valence-corrected chi connectivity index (χ2v) is 4.46. The SMILES string of the molecule is Cc1cc2c(C)cc(=O)[nH]c2cc1NC(N)=S. The van der Waals surface area contributed by atoms with E-state index in [-0.39, 0.29) is 10.7 Å². The van der Waals surface area contributed by atoms with Crippen molar-refractivity contribution in [2.45, 2.75) is 13.8 Å². The summed E-state index contributed by atoms with van der Waals surface area (Å²) in [6, 6.07) is 5.43. The van der Waals surface area contributed by atoms with Crippen LogP contribution in [-0.2, 0) is 0 Å². The van der Waals surface area contributed by atoms with Crippen LogP contribution in [0.2, 0.25) is 0 Å². The molecule has 88 valence electrons. The van der Waals surface area contributed by atoms with Crippen LogP contribution in [-0.4, -0.2) is 10.1 Å². The molecular weight excluding hydrogens is 234 g/mol. The van der Waals surface area contributed by atoms with E-state index >= 15 is 0 Å². The van der Waals surface area contributed by atoms with Gasteiger partial charge in [-0.3, -0.25) is 4.79 Å². The fraction of sp³-hybridized carbons (Fsp3) is 0.167. The lowest BCUT2D eigenvalue weighted by Gasteiger charge is -2.10. The molecule has 2 rings (SSSR count). The summed E-state index contributed by atoms with van der Waals surface area (Å²) in [5.74, 6) is 0. The Morgan fingerprint density at radius 1 is 1.29 bits per heavy atom. The van der Waals surface area contributed by atoms with Crippen LogP contribution in [0, 0.1) is 13.8 Å². The number of nitrogens with one attached hydrogen (secondary N) is 2. The number of hydrogen-bond donors (Lipinski definition) is 3. The third kappa shape index (κ3) is 2.29. The third-order valence-corrected chi connectivity index (χ3v) is 2.75. The quantitative estimate of drug-likeness (QED) is 0.672. The Kier molecular flexibility index (Phi) is 2.85. The Hall–Kier alpha value is -1.88. The molecule has 0 atom stereocenters. The summed E-state index contributed by atoms with van der Waals surface area (Å²) in [5, 5.41) is 4.13. The molecule has 4 nitrogen and oxygen atoms in total. The highest BCUT2D eigenvalue weighted by Crippen LogP contribution is 2.23. The number of aryl methyl sites for hydroxylation is 2. The van der Waals surface area contributed by atoms with Crippen LogP contribution in [0.15, 0.2) is 23.0 Å². The smallest absolute Gasteiger partial charge is 0.248 e. The highest BCUT2D eigenvalue weighted by Gasteiger charge is 2.05. The van der Waals surface area contributed by atoms with Crippen molar-refractivity contribution in [3.05, 3.63) is 39.7 Å². The fourth-order valence-corrected chi connectivity index (χ4v) is 1.96. The van der Waals surface area contributed by atoms with Crippen LogP contribution in [0.1, 0.15) is 11.1 Å². The Bertz CT molecular complexity index is 661. The first-order chi connectivity index (χ1) is 7.97. The van der Waals surface area contributed by atoms with Crippen molar-refractivity contribution in [1.82, 2.24) is 4.98 Å². The highest BCUT2D eigenvalue weighted by atomic mass is 32.1. The van der Waals surface area contributed by atoms with E-state index in [1.54, 1.807) is 6.07 Å². The largest absolute Gasteiger partial charge is 0.376 e. The van der Waals surface area contributed by atoms with Crippen molar-refractivity contribution < 1.29 is 0 Å². The molecule has 0 saturated carbocycles. The lowest BCUT2D eigenvalue weighted by atomic mass is 10.1. The van der Waals surface area contributed by atoms with E-state index in [4.69, 9.17) is 18.0 Å². The monoisotopic (exact) mass is 247 g/mol. The number of pyridine rings is 1. The summed E-state index contributed by atoms with van der Waals surface area (Å²) < 4.78 is 0. The van der Waals surface area contributed by atoms with Gasteiger partial charge >= 0.3 is 0 Å². The van der Waals surface area contributed by atoms with Crippen molar-refractivity contribution in [2.24, 2.45) is 5.73 Å². The molecule has 0 radical (unpaired) electrons. The molecule has 0 aliphatic heterocycles. The Morgan fingerprint density at radius 2 is 2.00 bits per heavy atom. The minimum atomic E-state index is -0.111. The van der Waals surface area contributed by atoms with Crippen LogP contribution in [0.4, 0.5) is 5.69 Å². The van der Waals surface area contributed by atoms with Crippen molar-refractivity contribution in [3.8, 4) is 0 Å². The molecule has 0 bridgehead atoms. The van der Waals surface area contributed by atoms with Gasteiger partial charge in [0.05, 0.1) is 5.52 Å². The first kappa shape index (κ1) is 11.6. The zero-order valence-electron chi connectivity index (χ0n) is 9.63. The summed E-state index contributed by atoms with van der Waals surface area (Å²) in [6.07, 6.45) is 0. The molecule has 17 heavy (non-hydrogen) atoms. The van der Waals surface area contributed by atoms with Crippen molar-refractivity contribution in [2.75, 3.05) is 5.32 Å². The second kappa shape index (κ2) is 4.18. The summed E-state index contributed by atoms with van der Waals surface area (Å²) >= 11 is 4.81. The van der Waals surface area contributed by atoms with E-state index in [0.29, 0.717) is 0 Å². The molecule has 1 aromatic heterocycles. The van der Waals surface area contributed by atoms with Gasteiger partial charge in [-0.25, -0.2) is 0 Å². The predicted molar refractivity (Wildman–Crippen MR) is 74.5 cm³/mol. The summed E-state index contributed by atoms with van der Waals surface area (Å²) in [7, 11) is 0. The zero-order valence-corrected chi connectivity index (χ0v) is 10.4. The Morgan fingerprint density at radius 3 is 2.65 bits per heavy atom. The van der Waals surface area contributed by atoms with Crippen molar-refractivity contribution in [1.29, 1.82) is 0 Å². The van der Waals surface area contributed by atoms with E-state index in [0.717, 1.165) is 27.7 Å². The highest BCUT2D eigenvalue weighted by molar-refractivity contribution is 7.80. The van der Waals surface area contributed by atoms with Crippen molar-refractivity contribution >= 4 is 33.9 Å². The van der Waals surface area contributed by atoms with Gasteiger partial charge < -0.3 is 16.0 Å². The molecule has 0 spiro atoms. The number of aromatic amines is 1. The number of H-pyrrole nitrogens is 1. The lowest BCUT2D eigenvalue weighted by molar-refractivity contribution is 1.27. The second-order valence-electron chi connectivity index (χ2n) is 4.02. The maximum atomic E-state index is 11.4. The number of hydrogen-bond acceptors (Lipinski definition) is 2. The molecule has 2 aromatic rings. The third-order valence-electron chi connectivity index (χ3n) is 2.65. The summed E-state index contributed by atoms with van der Waals surface area (Å²) in [6.45, 7) is 3.88. The average Bonchev–Trinajstić information content (AvgIpc) is 2.20. The Labute approximate surface area is 104 Å². The van der Waals surface area contributed by atoms with Crippen molar-refractivity contribution in [3.63, 3.8) is 0 Å². The number of anilines is 1. The van der Waals surface area contributed by atoms with Gasteiger partial charge in [-0.15, -0.1) is 0 Å². The van der Waals surface area contributed by atoms with Gasteiger partial charge in [0.15, 0.2) is 5.11 Å². The summed E-state index contributed by atoms with van der Waals surface area (Å²) in [5.41, 5.74) is 8.90. The van der Waals surface area contributed by atoms with Crippen LogP contribution < -0.4 is 16.6 Å². The zero-order chi connectivity index (χ0) is 12.6.